The van der Waals surface area contributed by atoms with Crippen molar-refractivity contribution in [1.82, 2.24) is 5.43 Å². The lowest BCUT2D eigenvalue weighted by Gasteiger charge is -2.12. The minimum absolute atomic E-state index is 0.234. The van der Waals surface area contributed by atoms with Crippen LogP contribution in [-0.2, 0) is 27.2 Å². The van der Waals surface area contributed by atoms with Crippen molar-refractivity contribution in [2.75, 3.05) is 19.0 Å². The maximum absolute atomic E-state index is 12.4. The van der Waals surface area contributed by atoms with Crippen LogP contribution in [0.3, 0.4) is 0 Å². The molecule has 158 valence electrons. The first-order valence-corrected chi connectivity index (χ1v) is 10.4. The minimum Gasteiger partial charge on any atom is -0.497 e. The lowest BCUT2D eigenvalue weighted by atomic mass is 9.95. The molecule has 1 aliphatic rings. The molecular weight excluding hydrogens is 406 g/mol. The number of aryl methyl sites for hydroxylation is 1. The molecule has 0 fully saturated rings. The molecule has 0 saturated heterocycles. The van der Waals surface area contributed by atoms with Gasteiger partial charge in [-0.3, -0.25) is 9.59 Å². The average Bonchev–Trinajstić information content (AvgIpc) is 3.12. The van der Waals surface area contributed by atoms with Crippen molar-refractivity contribution in [3.05, 3.63) is 45.8 Å². The zero-order valence-electron chi connectivity index (χ0n) is 16.8. The number of carbonyl (C=O) groups excluding carboxylic acids is 3. The smallest absolute Gasteiger partial charge is 0.341 e. The summed E-state index contributed by atoms with van der Waals surface area (Å²) in [6, 6.07) is 7.03. The zero-order valence-corrected chi connectivity index (χ0v) is 17.6. The number of amides is 2. The van der Waals surface area contributed by atoms with E-state index >= 15 is 0 Å². The molecule has 1 heterocycles. The number of methoxy groups -OCH3 is 1. The highest BCUT2D eigenvalue weighted by Crippen LogP contribution is 2.38. The summed E-state index contributed by atoms with van der Waals surface area (Å²) >= 11 is 1.32. The van der Waals surface area contributed by atoms with Crippen molar-refractivity contribution in [2.45, 2.75) is 32.6 Å². The maximum Gasteiger partial charge on any atom is 0.341 e. The molecule has 0 bridgehead atoms. The predicted molar refractivity (Wildman–Crippen MR) is 114 cm³/mol. The van der Waals surface area contributed by atoms with E-state index in [0.29, 0.717) is 16.3 Å². The normalized spacial score (nSPS) is 12.9. The van der Waals surface area contributed by atoms with Crippen molar-refractivity contribution >= 4 is 40.3 Å². The highest BCUT2D eigenvalue weighted by molar-refractivity contribution is 7.17. The molecule has 0 atom stereocenters. The van der Waals surface area contributed by atoms with Crippen molar-refractivity contribution < 1.29 is 23.9 Å². The lowest BCUT2D eigenvalue weighted by molar-refractivity contribution is -0.136. The number of anilines is 1. The van der Waals surface area contributed by atoms with Crippen LogP contribution in [0.25, 0.3) is 0 Å². The Hall–Kier alpha value is -3.20. The summed E-state index contributed by atoms with van der Waals surface area (Å²) in [5.41, 5.74) is 4.20. The molecule has 3 rings (SSSR count). The molecule has 30 heavy (non-hydrogen) atoms. The van der Waals surface area contributed by atoms with E-state index in [9.17, 15) is 14.4 Å². The number of nitrogens with zero attached hydrogens (tertiary/aromatic N) is 1. The summed E-state index contributed by atoms with van der Waals surface area (Å²) in [5, 5.41) is 6.69. The van der Waals surface area contributed by atoms with Gasteiger partial charge in [0, 0.05) is 4.88 Å². The maximum atomic E-state index is 12.4. The summed E-state index contributed by atoms with van der Waals surface area (Å²) in [6.07, 6.45) is 5.03. The third-order valence-corrected chi connectivity index (χ3v) is 5.79. The van der Waals surface area contributed by atoms with Gasteiger partial charge in [0.1, 0.15) is 10.8 Å². The number of fused-ring (bicyclic) bond motifs is 1. The third-order valence-electron chi connectivity index (χ3n) is 4.58. The molecule has 0 aliphatic heterocycles. The molecule has 0 spiro atoms. The molecule has 8 nitrogen and oxygen atoms in total. The Morgan fingerprint density at radius 1 is 1.13 bits per heavy atom. The summed E-state index contributed by atoms with van der Waals surface area (Å²) < 4.78 is 10.2. The fourth-order valence-corrected chi connectivity index (χ4v) is 4.41. The highest BCUT2D eigenvalue weighted by Gasteiger charge is 2.28. The number of hydrogen-bond donors (Lipinski definition) is 2. The highest BCUT2D eigenvalue weighted by atomic mass is 32.1. The van der Waals surface area contributed by atoms with Crippen LogP contribution in [0.15, 0.2) is 29.4 Å². The Labute approximate surface area is 178 Å². The van der Waals surface area contributed by atoms with Gasteiger partial charge in [-0.25, -0.2) is 10.2 Å². The van der Waals surface area contributed by atoms with Crippen LogP contribution in [0.2, 0.25) is 0 Å². The van der Waals surface area contributed by atoms with Crippen LogP contribution < -0.4 is 15.5 Å². The molecular formula is C21H23N3O5S. The second-order valence-electron chi connectivity index (χ2n) is 6.56. The first-order valence-electron chi connectivity index (χ1n) is 9.63. The number of carbonyl (C=O) groups is 3. The first-order chi connectivity index (χ1) is 14.5. The fraction of sp³-hybridized carbons (Fsp3) is 0.333. The first kappa shape index (κ1) is 21.5. The van der Waals surface area contributed by atoms with Crippen LogP contribution in [0.1, 0.15) is 46.1 Å². The molecule has 1 aliphatic carbocycles. The number of thiophene rings is 1. The monoisotopic (exact) mass is 429 g/mol. The van der Waals surface area contributed by atoms with Gasteiger partial charge in [0.15, 0.2) is 0 Å². The zero-order chi connectivity index (χ0) is 21.5. The van der Waals surface area contributed by atoms with E-state index in [-0.39, 0.29) is 6.61 Å². The van der Waals surface area contributed by atoms with Gasteiger partial charge >= 0.3 is 17.8 Å². The Kier molecular flexibility index (Phi) is 7.18. The second-order valence-corrected chi connectivity index (χ2v) is 7.67. The van der Waals surface area contributed by atoms with Crippen LogP contribution >= 0.6 is 11.3 Å². The molecule has 2 N–H and O–H groups in total. The third kappa shape index (κ3) is 5.04. The van der Waals surface area contributed by atoms with Crippen LogP contribution in [-0.4, -0.2) is 37.7 Å². The van der Waals surface area contributed by atoms with Crippen molar-refractivity contribution in [3.8, 4) is 5.75 Å². The number of hydrazone groups is 1. The van der Waals surface area contributed by atoms with E-state index in [4.69, 9.17) is 9.47 Å². The Bertz CT molecular complexity index is 966. The fourth-order valence-electron chi connectivity index (χ4n) is 3.14. The van der Waals surface area contributed by atoms with E-state index in [2.05, 4.69) is 15.8 Å². The Morgan fingerprint density at radius 2 is 1.87 bits per heavy atom. The summed E-state index contributed by atoms with van der Waals surface area (Å²) in [5.74, 6) is -1.61. The average molecular weight is 429 g/mol. The van der Waals surface area contributed by atoms with E-state index in [1.54, 1.807) is 38.3 Å². The second kappa shape index (κ2) is 10.0. The van der Waals surface area contributed by atoms with Gasteiger partial charge in [-0.1, -0.05) is 0 Å². The molecule has 1 aromatic carbocycles. The number of ether oxygens (including phenoxy) is 2. The number of benzene rings is 1. The largest absolute Gasteiger partial charge is 0.497 e. The number of esters is 1. The number of nitrogens with one attached hydrogen (secondary N) is 2. The minimum atomic E-state index is -0.930. The van der Waals surface area contributed by atoms with E-state index in [0.717, 1.165) is 41.7 Å². The number of hydrogen-bond acceptors (Lipinski definition) is 7. The van der Waals surface area contributed by atoms with Crippen molar-refractivity contribution in [1.29, 1.82) is 0 Å². The van der Waals surface area contributed by atoms with E-state index in [1.807, 2.05) is 0 Å². The summed E-state index contributed by atoms with van der Waals surface area (Å²) in [4.78, 5) is 37.9. The Morgan fingerprint density at radius 3 is 2.57 bits per heavy atom. The molecule has 1 aromatic heterocycles. The van der Waals surface area contributed by atoms with Crippen molar-refractivity contribution in [3.63, 3.8) is 0 Å². The van der Waals surface area contributed by atoms with Gasteiger partial charge in [0.05, 0.1) is 25.5 Å². The molecule has 0 saturated carbocycles. The SMILES string of the molecule is CCOC(=O)c1c(NC(=O)C(=O)NN=Cc2ccc(OC)cc2)sc2c1CCCC2. The molecule has 9 heteroatoms. The van der Waals surface area contributed by atoms with Gasteiger partial charge in [0.2, 0.25) is 0 Å². The molecule has 2 amide bonds. The van der Waals surface area contributed by atoms with Crippen LogP contribution in [0.4, 0.5) is 5.00 Å². The van der Waals surface area contributed by atoms with Gasteiger partial charge in [0.25, 0.3) is 0 Å². The van der Waals surface area contributed by atoms with Gasteiger partial charge in [-0.2, -0.15) is 5.10 Å². The van der Waals surface area contributed by atoms with Crippen LogP contribution in [0, 0.1) is 0 Å². The van der Waals surface area contributed by atoms with Gasteiger partial charge < -0.3 is 14.8 Å². The Balaban J connectivity index is 1.67. The number of rotatable bonds is 6. The molecule has 0 unspecified atom stereocenters. The standard InChI is InChI=1S/C21H23N3O5S/c1-3-29-21(27)17-15-6-4-5-7-16(15)30-20(17)23-18(25)19(26)24-22-12-13-8-10-14(28-2)11-9-13/h8-12H,3-7H2,1-2H3,(H,23,25)(H,24,26). The van der Waals surface area contributed by atoms with E-state index < -0.39 is 17.8 Å². The quantitative estimate of drug-likeness (QED) is 0.318. The van der Waals surface area contributed by atoms with Crippen molar-refractivity contribution in [2.24, 2.45) is 5.10 Å². The summed E-state index contributed by atoms with van der Waals surface area (Å²) in [6.45, 7) is 1.96. The molecule has 0 radical (unpaired) electrons. The van der Waals surface area contributed by atoms with Gasteiger partial charge in [-0.05, 0) is 68.0 Å². The topological polar surface area (TPSA) is 106 Å². The summed E-state index contributed by atoms with van der Waals surface area (Å²) in [7, 11) is 1.57. The van der Waals surface area contributed by atoms with Crippen LogP contribution in [0.5, 0.6) is 5.75 Å². The van der Waals surface area contributed by atoms with Gasteiger partial charge in [-0.15, -0.1) is 11.3 Å². The lowest BCUT2D eigenvalue weighted by Crippen LogP contribution is -2.32. The molecule has 2 aromatic rings. The predicted octanol–water partition coefficient (Wildman–Crippen LogP) is 2.90. The van der Waals surface area contributed by atoms with E-state index in [1.165, 1.54) is 17.6 Å².